The number of carbonyl (C=O) groups is 1. The predicted molar refractivity (Wildman–Crippen MR) is 156 cm³/mol. The molecule has 1 N–H and O–H groups in total. The largest absolute Gasteiger partial charge is 0.497 e. The molecule has 0 fully saturated rings. The number of rotatable bonds is 7. The van der Waals surface area contributed by atoms with Gasteiger partial charge in [0, 0.05) is 5.69 Å². The molecular formula is C30H26ClN3O5S. The fourth-order valence-electron chi connectivity index (χ4n) is 4.61. The molecule has 5 rings (SSSR count). The smallest absolute Gasteiger partial charge is 0.271 e. The van der Waals surface area contributed by atoms with Crippen LogP contribution in [0.1, 0.15) is 24.1 Å². The first-order chi connectivity index (χ1) is 19.3. The SMILES string of the molecule is COc1ccc([C@@H]2C(C(=O)Nc3ccccc3)=C(C)N=c3s/c(=C/c4cc(Cl)c(OC)c(OC)c4)c(=O)n32)cc1. The number of fused-ring (bicyclic) bond motifs is 1. The van der Waals surface area contributed by atoms with E-state index in [4.69, 9.17) is 25.8 Å². The summed E-state index contributed by atoms with van der Waals surface area (Å²) >= 11 is 7.64. The van der Waals surface area contributed by atoms with E-state index in [0.717, 1.165) is 5.56 Å². The van der Waals surface area contributed by atoms with E-state index in [-0.39, 0.29) is 11.5 Å². The highest BCUT2D eigenvalue weighted by Crippen LogP contribution is 2.36. The third-order valence-electron chi connectivity index (χ3n) is 6.48. The minimum absolute atomic E-state index is 0.284. The van der Waals surface area contributed by atoms with Crippen molar-refractivity contribution < 1.29 is 19.0 Å². The van der Waals surface area contributed by atoms with Gasteiger partial charge in [-0.15, -0.1) is 0 Å². The number of para-hydroxylation sites is 1. The molecule has 4 aromatic rings. The van der Waals surface area contributed by atoms with E-state index in [0.29, 0.717) is 54.1 Å². The Hall–Kier alpha value is -4.34. The molecule has 1 aromatic heterocycles. The highest BCUT2D eigenvalue weighted by atomic mass is 35.5. The van der Waals surface area contributed by atoms with Crippen LogP contribution < -0.4 is 34.4 Å². The second-order valence-electron chi connectivity index (χ2n) is 8.91. The van der Waals surface area contributed by atoms with Gasteiger partial charge in [0.1, 0.15) is 5.75 Å². The second-order valence-corrected chi connectivity index (χ2v) is 10.3. The first kappa shape index (κ1) is 27.2. The summed E-state index contributed by atoms with van der Waals surface area (Å²) < 4.78 is 18.1. The van der Waals surface area contributed by atoms with E-state index in [9.17, 15) is 9.59 Å². The fraction of sp³-hybridized carbons (Fsp3) is 0.167. The number of nitrogens with zero attached hydrogens (tertiary/aromatic N) is 2. The third kappa shape index (κ3) is 5.13. The molecule has 8 nitrogen and oxygen atoms in total. The van der Waals surface area contributed by atoms with Crippen LogP contribution in [0, 0.1) is 0 Å². The van der Waals surface area contributed by atoms with Crippen molar-refractivity contribution in [1.29, 1.82) is 0 Å². The van der Waals surface area contributed by atoms with Gasteiger partial charge in [-0.2, -0.15) is 0 Å². The van der Waals surface area contributed by atoms with Gasteiger partial charge in [0.05, 0.1) is 48.2 Å². The highest BCUT2D eigenvalue weighted by Gasteiger charge is 2.32. The summed E-state index contributed by atoms with van der Waals surface area (Å²) in [4.78, 5) is 32.8. The lowest BCUT2D eigenvalue weighted by Crippen LogP contribution is -2.40. The average Bonchev–Trinajstić information content (AvgIpc) is 3.26. The van der Waals surface area contributed by atoms with Crippen LogP contribution in [0.4, 0.5) is 5.69 Å². The van der Waals surface area contributed by atoms with Crippen LogP contribution in [-0.2, 0) is 4.79 Å². The molecule has 1 amide bonds. The predicted octanol–water partition coefficient (Wildman–Crippen LogP) is 4.55. The number of thiazole rings is 1. The van der Waals surface area contributed by atoms with Gasteiger partial charge in [0.15, 0.2) is 16.3 Å². The maximum Gasteiger partial charge on any atom is 0.271 e. The number of benzene rings is 3. The minimum Gasteiger partial charge on any atom is -0.497 e. The molecule has 2 heterocycles. The summed E-state index contributed by atoms with van der Waals surface area (Å²) in [5.74, 6) is 1.18. The molecule has 0 radical (unpaired) electrons. The molecule has 10 heteroatoms. The van der Waals surface area contributed by atoms with E-state index >= 15 is 0 Å². The number of hydrogen-bond acceptors (Lipinski definition) is 7. The number of methoxy groups -OCH3 is 3. The molecule has 0 spiro atoms. The Labute approximate surface area is 239 Å². The van der Waals surface area contributed by atoms with E-state index < -0.39 is 6.04 Å². The molecule has 0 unspecified atom stereocenters. The van der Waals surface area contributed by atoms with Crippen LogP contribution >= 0.6 is 22.9 Å². The number of carbonyl (C=O) groups excluding carboxylic acids is 1. The van der Waals surface area contributed by atoms with Gasteiger partial charge in [-0.05, 0) is 60.5 Å². The Morgan fingerprint density at radius 2 is 1.75 bits per heavy atom. The number of hydrogen-bond donors (Lipinski definition) is 1. The lowest BCUT2D eigenvalue weighted by molar-refractivity contribution is -0.113. The standard InChI is InChI=1S/C30H26ClN3O5S/c1-17-25(28(35)33-20-8-6-5-7-9-20)26(19-10-12-21(37-2)13-11-19)34-29(36)24(40-30(34)32-17)16-18-14-22(31)27(39-4)23(15-18)38-3/h5-16,26H,1-4H3,(H,33,35)/b24-16+/t26-/m1/s1. The van der Waals surface area contributed by atoms with E-state index in [1.807, 2.05) is 30.3 Å². The molecule has 1 atom stereocenters. The summed E-state index contributed by atoms with van der Waals surface area (Å²) in [6.07, 6.45) is 1.73. The van der Waals surface area contributed by atoms with Crippen LogP contribution in [0.3, 0.4) is 0 Å². The molecule has 0 saturated carbocycles. The minimum atomic E-state index is -0.706. The van der Waals surface area contributed by atoms with Crippen molar-refractivity contribution in [3.05, 3.63) is 114 Å². The summed E-state index contributed by atoms with van der Waals surface area (Å²) in [7, 11) is 4.61. The van der Waals surface area contributed by atoms with Gasteiger partial charge in [-0.25, -0.2) is 4.99 Å². The molecular weight excluding hydrogens is 550 g/mol. The topological polar surface area (TPSA) is 91.2 Å². The van der Waals surface area contributed by atoms with Crippen LogP contribution in [0.5, 0.6) is 17.2 Å². The molecule has 1 aliphatic heterocycles. The van der Waals surface area contributed by atoms with E-state index in [1.165, 1.54) is 25.6 Å². The summed E-state index contributed by atoms with van der Waals surface area (Å²) in [6.45, 7) is 1.78. The summed E-state index contributed by atoms with van der Waals surface area (Å²) in [5.41, 5.74) is 2.66. The molecule has 3 aromatic carbocycles. The van der Waals surface area contributed by atoms with Crippen molar-refractivity contribution >= 4 is 40.6 Å². The number of amides is 1. The van der Waals surface area contributed by atoms with E-state index in [2.05, 4.69) is 10.3 Å². The molecule has 204 valence electrons. The Morgan fingerprint density at radius 1 is 1.02 bits per heavy atom. The Kier molecular flexibility index (Phi) is 7.77. The fourth-order valence-corrected chi connectivity index (χ4v) is 5.95. The Bertz CT molecular complexity index is 1790. The number of nitrogens with one attached hydrogen (secondary N) is 1. The van der Waals surface area contributed by atoms with Gasteiger partial charge < -0.3 is 19.5 Å². The zero-order chi connectivity index (χ0) is 28.4. The number of halogens is 1. The third-order valence-corrected chi connectivity index (χ3v) is 7.75. The van der Waals surface area contributed by atoms with Gasteiger partial charge in [0.25, 0.3) is 11.5 Å². The van der Waals surface area contributed by atoms with Crippen molar-refractivity contribution in [3.8, 4) is 17.2 Å². The molecule has 1 aliphatic rings. The van der Waals surface area contributed by atoms with Crippen molar-refractivity contribution in [3.63, 3.8) is 0 Å². The molecule has 0 saturated heterocycles. The second kappa shape index (κ2) is 11.4. The number of anilines is 1. The Morgan fingerprint density at radius 3 is 2.40 bits per heavy atom. The normalized spacial score (nSPS) is 14.8. The quantitative estimate of drug-likeness (QED) is 0.349. The lowest BCUT2D eigenvalue weighted by Gasteiger charge is -2.25. The van der Waals surface area contributed by atoms with Crippen molar-refractivity contribution in [2.45, 2.75) is 13.0 Å². The molecule has 0 bridgehead atoms. The van der Waals surface area contributed by atoms with Crippen molar-refractivity contribution in [2.75, 3.05) is 26.6 Å². The molecule has 0 aliphatic carbocycles. The first-order valence-electron chi connectivity index (χ1n) is 12.3. The van der Waals surface area contributed by atoms with Crippen LogP contribution in [0.2, 0.25) is 5.02 Å². The number of allylic oxidation sites excluding steroid dienone is 1. The summed E-state index contributed by atoms with van der Waals surface area (Å²) in [5, 5.41) is 3.30. The van der Waals surface area contributed by atoms with Gasteiger partial charge in [-0.1, -0.05) is 53.3 Å². The first-order valence-corrected chi connectivity index (χ1v) is 13.5. The zero-order valence-electron chi connectivity index (χ0n) is 22.2. The van der Waals surface area contributed by atoms with Crippen LogP contribution in [0.25, 0.3) is 6.08 Å². The van der Waals surface area contributed by atoms with Crippen LogP contribution in [0.15, 0.2) is 87.8 Å². The average molecular weight is 576 g/mol. The van der Waals surface area contributed by atoms with Crippen molar-refractivity contribution in [1.82, 2.24) is 4.57 Å². The number of ether oxygens (including phenoxy) is 3. The maximum absolute atomic E-state index is 13.9. The Balaban J connectivity index is 1.67. The van der Waals surface area contributed by atoms with Gasteiger partial charge in [-0.3, -0.25) is 14.2 Å². The molecule has 40 heavy (non-hydrogen) atoms. The maximum atomic E-state index is 13.9. The summed E-state index contributed by atoms with van der Waals surface area (Å²) in [6, 6.07) is 19.2. The van der Waals surface area contributed by atoms with Crippen LogP contribution in [-0.4, -0.2) is 31.8 Å². The number of aromatic nitrogens is 1. The van der Waals surface area contributed by atoms with Gasteiger partial charge in [0.2, 0.25) is 0 Å². The van der Waals surface area contributed by atoms with Gasteiger partial charge >= 0.3 is 0 Å². The van der Waals surface area contributed by atoms with Crippen molar-refractivity contribution in [2.24, 2.45) is 4.99 Å². The zero-order valence-corrected chi connectivity index (χ0v) is 23.8. The van der Waals surface area contributed by atoms with E-state index in [1.54, 1.807) is 61.1 Å². The lowest BCUT2D eigenvalue weighted by atomic mass is 9.95. The monoisotopic (exact) mass is 575 g/mol. The highest BCUT2D eigenvalue weighted by molar-refractivity contribution is 7.07.